The molecule has 2 aromatic rings. The summed E-state index contributed by atoms with van der Waals surface area (Å²) in [7, 11) is -4.12. The normalized spacial score (nSPS) is 20.1. The van der Waals surface area contributed by atoms with Gasteiger partial charge in [0.1, 0.15) is 16.1 Å². The zero-order valence-electron chi connectivity index (χ0n) is 51.4. The number of hydrogen-bond donors (Lipinski definition) is 0. The molecule has 0 fully saturated rings. The van der Waals surface area contributed by atoms with Crippen LogP contribution in [0.25, 0.3) is 0 Å². The van der Waals surface area contributed by atoms with Crippen LogP contribution in [-0.2, 0) is 10.8 Å². The fraction of sp³-hybridized carbons (Fsp3) is 0.528. The van der Waals surface area contributed by atoms with Crippen LogP contribution in [-0.4, -0.2) is 16.1 Å². The fourth-order valence-corrected chi connectivity index (χ4v) is 23.7. The second-order valence-electron chi connectivity index (χ2n) is 28.9. The largest absolute Gasteiger partial charge is 0.146 e. The van der Waals surface area contributed by atoms with Crippen LogP contribution in [0.4, 0.5) is 0 Å². The van der Waals surface area contributed by atoms with E-state index in [9.17, 15) is 0 Å². The van der Waals surface area contributed by atoms with Gasteiger partial charge in [0.25, 0.3) is 0 Å². The number of hydrogen-bond acceptors (Lipinski definition) is 0. The van der Waals surface area contributed by atoms with Gasteiger partial charge in [0.05, 0.1) is 0 Å². The van der Waals surface area contributed by atoms with Gasteiger partial charge in [-0.15, -0.1) is 11.1 Å². The van der Waals surface area contributed by atoms with Crippen LogP contribution < -0.4 is 0 Å². The molecule has 0 radical (unpaired) electrons. The Morgan fingerprint density at radius 1 is 0.365 bits per heavy atom. The van der Waals surface area contributed by atoms with E-state index in [-0.39, 0.29) is 21.7 Å². The van der Waals surface area contributed by atoms with Gasteiger partial charge in [0, 0.05) is 44.2 Å². The van der Waals surface area contributed by atoms with Gasteiger partial charge >= 0.3 is 0 Å². The lowest BCUT2D eigenvalue weighted by molar-refractivity contribution is 0.242. The van der Waals surface area contributed by atoms with Gasteiger partial charge in [-0.3, -0.25) is 0 Å². The molecule has 0 unspecified atom stereocenters. The highest BCUT2D eigenvalue weighted by Gasteiger charge is 2.59. The topological polar surface area (TPSA) is 0 Å². The minimum absolute atomic E-state index is 0.0433. The maximum absolute atomic E-state index is 4.09. The van der Waals surface area contributed by atoms with E-state index in [1.54, 1.807) is 0 Å². The van der Waals surface area contributed by atoms with E-state index in [0.29, 0.717) is 33.2 Å². The van der Waals surface area contributed by atoms with E-state index in [4.69, 9.17) is 0 Å². The minimum Gasteiger partial charge on any atom is -0.125 e. The molecule has 0 aliphatic heterocycles. The van der Waals surface area contributed by atoms with Crippen molar-refractivity contribution in [3.05, 3.63) is 151 Å². The molecule has 2 aromatic carbocycles. The Balaban J connectivity index is 1.80. The Bertz CT molecular complexity index is 2820. The first-order valence-corrected chi connectivity index (χ1v) is 32.8. The third kappa shape index (κ3) is 10.3. The fourth-order valence-electron chi connectivity index (χ4n) is 13.3. The Morgan fingerprint density at radius 3 is 0.919 bits per heavy atom. The second-order valence-corrected chi connectivity index (χ2v) is 40.0. The van der Waals surface area contributed by atoms with Crippen molar-refractivity contribution in [3.8, 4) is 46.6 Å². The molecule has 2 heteroatoms. The zero-order chi connectivity index (χ0) is 55.7. The molecule has 392 valence electrons. The first kappa shape index (κ1) is 58.6. The third-order valence-electron chi connectivity index (χ3n) is 18.4. The monoisotopic (exact) mass is 1020 g/mol. The van der Waals surface area contributed by atoms with E-state index in [1.807, 2.05) is 0 Å². The smallest absolute Gasteiger partial charge is 0.125 e. The lowest BCUT2D eigenvalue weighted by atomic mass is 9.44. The Morgan fingerprint density at radius 2 is 0.662 bits per heavy atom. The molecule has 2 atom stereocenters. The van der Waals surface area contributed by atoms with Crippen molar-refractivity contribution >= 4 is 16.1 Å². The first-order valence-electron chi connectivity index (χ1n) is 28.4. The summed E-state index contributed by atoms with van der Waals surface area (Å²) in [4.78, 5) is 0. The van der Waals surface area contributed by atoms with Crippen LogP contribution in [0.3, 0.4) is 0 Å². The van der Waals surface area contributed by atoms with Gasteiger partial charge < -0.3 is 0 Å². The molecular formula is C72H96Si2. The molecule has 74 heavy (non-hydrogen) atoms. The Labute approximate surface area is 456 Å². The lowest BCUT2D eigenvalue weighted by Crippen LogP contribution is -2.49. The van der Waals surface area contributed by atoms with Gasteiger partial charge in [-0.2, -0.15) is 0 Å². The quantitative estimate of drug-likeness (QED) is 0.200. The highest BCUT2D eigenvalue weighted by atomic mass is 28.3. The first-order chi connectivity index (χ1) is 33.9. The molecule has 6 rings (SSSR count). The average molecular weight is 1020 g/mol. The molecule has 0 saturated carbocycles. The van der Waals surface area contributed by atoms with Crippen LogP contribution in [0.15, 0.2) is 117 Å². The maximum atomic E-state index is 4.09. The van der Waals surface area contributed by atoms with E-state index in [1.165, 1.54) is 44.6 Å². The molecular weight excluding hydrogens is 921 g/mol. The van der Waals surface area contributed by atoms with E-state index < -0.39 is 27.0 Å². The van der Waals surface area contributed by atoms with Gasteiger partial charge in [0.15, 0.2) is 0 Å². The molecule has 0 heterocycles. The molecule has 4 aliphatic carbocycles. The summed E-state index contributed by atoms with van der Waals surface area (Å²) in [6.07, 6.45) is 14.8. The van der Waals surface area contributed by atoms with E-state index >= 15 is 0 Å². The SMILES string of the molecule is CC(C)[Si](C#Cc1cc(C(C)(C)C)ccc1C#CC1=C2C=C(C(C)(C)C)C=C3C=CC4=CC(C(C)(C)C)=CC(=C1C#Cc1ccc(C(C)(C)C)cc1C#C[Si](C(C)C)(C(C)C)C(C)C)[C@@]4(C)[C@@]32C)(C(C)C)C(C)C. The van der Waals surface area contributed by atoms with Crippen molar-refractivity contribution in [3.63, 3.8) is 0 Å². The van der Waals surface area contributed by atoms with Crippen molar-refractivity contribution < 1.29 is 0 Å². The summed E-state index contributed by atoms with van der Waals surface area (Å²) < 4.78 is 0. The van der Waals surface area contributed by atoms with Crippen molar-refractivity contribution in [2.45, 2.75) is 224 Å². The summed E-state index contributed by atoms with van der Waals surface area (Å²) in [5, 5.41) is 0. The molecule has 0 nitrogen and oxygen atoms in total. The second kappa shape index (κ2) is 20.3. The molecule has 0 saturated heterocycles. The lowest BCUT2D eigenvalue weighted by Gasteiger charge is -2.58. The van der Waals surface area contributed by atoms with Gasteiger partial charge in [-0.05, 0) is 124 Å². The van der Waals surface area contributed by atoms with Gasteiger partial charge in [-0.25, -0.2) is 0 Å². The van der Waals surface area contributed by atoms with Crippen molar-refractivity contribution in [2.24, 2.45) is 21.7 Å². The van der Waals surface area contributed by atoms with Gasteiger partial charge in [0.2, 0.25) is 0 Å². The van der Waals surface area contributed by atoms with Crippen molar-refractivity contribution in [2.75, 3.05) is 0 Å². The predicted octanol–water partition coefficient (Wildman–Crippen LogP) is 19.8. The molecule has 4 aliphatic rings. The van der Waals surface area contributed by atoms with Crippen LogP contribution in [0.1, 0.15) is 213 Å². The number of benzene rings is 2. The minimum atomic E-state index is -2.06. The third-order valence-corrected chi connectivity index (χ3v) is 31.0. The highest BCUT2D eigenvalue weighted by molar-refractivity contribution is 6.91. The molecule has 0 spiro atoms. The van der Waals surface area contributed by atoms with Crippen molar-refractivity contribution in [1.82, 2.24) is 0 Å². The number of rotatable bonds is 6. The summed E-state index contributed by atoms with van der Waals surface area (Å²) >= 11 is 0. The Kier molecular flexibility index (Phi) is 16.1. The maximum Gasteiger partial charge on any atom is 0.146 e. The number of allylic oxidation sites excluding steroid dienone is 14. The standard InChI is InChI=1S/C72H96Si2/c1-47(2)73(48(3)4,49(5)6)39-37-55-41-57(67(13,14)15)31-27-53(55)29-35-63-64(36-30-54-28-32-58(68(16,17)18)42-56(54)38-40-74(50(7)8,51(9)10)52(11)12)66-46-62(70(22,23)24)44-60-34-33-59-43-61(69(19,20)21)45-65(63)71(59,25)72(60,66)26/h27-28,31-34,41-52H,1-26H3/t71-,72-/m0/s1. The molecule has 0 aromatic heterocycles. The summed E-state index contributed by atoms with van der Waals surface area (Å²) in [6.45, 7) is 61.6. The molecule has 0 amide bonds. The summed E-state index contributed by atoms with van der Waals surface area (Å²) in [6, 6.07) is 13.7. The Hall–Kier alpha value is -4.71. The van der Waals surface area contributed by atoms with E-state index in [2.05, 4.69) is 299 Å². The zero-order valence-corrected chi connectivity index (χ0v) is 53.4. The van der Waals surface area contributed by atoms with Gasteiger partial charge in [-0.1, -0.05) is 264 Å². The average Bonchev–Trinajstić information content (AvgIpc) is 3.25. The van der Waals surface area contributed by atoms with Crippen LogP contribution in [0, 0.1) is 68.3 Å². The van der Waals surface area contributed by atoms with Crippen LogP contribution in [0.5, 0.6) is 0 Å². The predicted molar refractivity (Wildman–Crippen MR) is 331 cm³/mol. The highest BCUT2D eigenvalue weighted by Crippen LogP contribution is 2.68. The van der Waals surface area contributed by atoms with Crippen LogP contribution >= 0.6 is 0 Å². The summed E-state index contributed by atoms with van der Waals surface area (Å²) in [5.74, 6) is 23.6. The van der Waals surface area contributed by atoms with Crippen LogP contribution in [0.2, 0.25) is 33.2 Å². The van der Waals surface area contributed by atoms with E-state index in [0.717, 1.165) is 33.4 Å². The summed E-state index contributed by atoms with van der Waals surface area (Å²) in [5.41, 5.74) is 26.6. The molecule has 0 bridgehead atoms. The van der Waals surface area contributed by atoms with Crippen molar-refractivity contribution in [1.29, 1.82) is 0 Å². The molecule has 0 N–H and O–H groups in total.